The van der Waals surface area contributed by atoms with Crippen LogP contribution >= 0.6 is 22.9 Å². The van der Waals surface area contributed by atoms with E-state index in [9.17, 15) is 9.59 Å². The van der Waals surface area contributed by atoms with Crippen LogP contribution in [-0.4, -0.2) is 34.1 Å². The Morgan fingerprint density at radius 1 is 1.57 bits per heavy atom. The number of hydroxylamine groups is 2. The van der Waals surface area contributed by atoms with Crippen LogP contribution in [0.5, 0.6) is 0 Å². The van der Waals surface area contributed by atoms with Gasteiger partial charge in [0.2, 0.25) is 5.91 Å². The first-order valence-corrected chi connectivity index (χ1v) is 7.76. The molecule has 0 aromatic carbocycles. The molecule has 8 heteroatoms. The van der Waals surface area contributed by atoms with Crippen molar-refractivity contribution < 1.29 is 19.2 Å². The van der Waals surface area contributed by atoms with E-state index < -0.39 is 11.5 Å². The van der Waals surface area contributed by atoms with E-state index in [2.05, 4.69) is 4.98 Å². The van der Waals surface area contributed by atoms with Crippen molar-refractivity contribution in [3.63, 3.8) is 0 Å². The van der Waals surface area contributed by atoms with Gasteiger partial charge in [-0.15, -0.1) is 11.3 Å². The van der Waals surface area contributed by atoms with E-state index in [1.54, 1.807) is 26.2 Å². The monoisotopic (exact) mass is 332 g/mol. The first-order chi connectivity index (χ1) is 9.74. The molecule has 1 fully saturated rings. The summed E-state index contributed by atoms with van der Waals surface area (Å²) in [4.78, 5) is 33.2. The number of ether oxygens (including phenoxy) is 1. The zero-order chi connectivity index (χ0) is 15.6. The van der Waals surface area contributed by atoms with Gasteiger partial charge in [-0.05, 0) is 20.8 Å². The standard InChI is InChI=1S/C13H17ClN2O4S/c1-13(2,3)20-11(18)8-4-10(17)16(5-8)19-6-9-7-21-12(14)15-9/h7-8H,4-6H2,1-3H3. The number of hydrogen-bond acceptors (Lipinski definition) is 6. The summed E-state index contributed by atoms with van der Waals surface area (Å²) in [5, 5.41) is 2.95. The molecule has 1 aliphatic rings. The number of carbonyl (C=O) groups is 2. The largest absolute Gasteiger partial charge is 0.460 e. The second kappa shape index (κ2) is 6.29. The number of halogens is 1. The lowest BCUT2D eigenvalue weighted by molar-refractivity contribution is -0.184. The topological polar surface area (TPSA) is 68.7 Å². The van der Waals surface area contributed by atoms with Crippen LogP contribution in [0.25, 0.3) is 0 Å². The molecule has 2 rings (SSSR count). The summed E-state index contributed by atoms with van der Waals surface area (Å²) < 4.78 is 5.71. The van der Waals surface area contributed by atoms with Crippen molar-refractivity contribution in [2.24, 2.45) is 5.92 Å². The molecule has 1 aliphatic heterocycles. The molecule has 0 radical (unpaired) electrons. The summed E-state index contributed by atoms with van der Waals surface area (Å²) in [6.07, 6.45) is 0.104. The molecule has 21 heavy (non-hydrogen) atoms. The van der Waals surface area contributed by atoms with Crippen LogP contribution in [0.3, 0.4) is 0 Å². The minimum Gasteiger partial charge on any atom is -0.460 e. The third kappa shape index (κ3) is 4.66. The Morgan fingerprint density at radius 3 is 2.86 bits per heavy atom. The second-order valence-corrected chi connectivity index (χ2v) is 7.19. The van der Waals surface area contributed by atoms with Crippen molar-refractivity contribution in [1.82, 2.24) is 10.0 Å². The fourth-order valence-corrected chi connectivity index (χ4v) is 2.61. The van der Waals surface area contributed by atoms with Crippen LogP contribution in [0.15, 0.2) is 5.38 Å². The number of nitrogens with zero attached hydrogens (tertiary/aromatic N) is 2. The van der Waals surface area contributed by atoms with Gasteiger partial charge in [-0.2, -0.15) is 0 Å². The Morgan fingerprint density at radius 2 is 2.29 bits per heavy atom. The number of rotatable bonds is 4. The van der Waals surface area contributed by atoms with Gasteiger partial charge in [-0.25, -0.2) is 10.0 Å². The molecule has 0 spiro atoms. The van der Waals surface area contributed by atoms with Crippen molar-refractivity contribution in [3.05, 3.63) is 15.5 Å². The zero-order valence-electron chi connectivity index (χ0n) is 12.1. The smallest absolute Gasteiger partial charge is 0.311 e. The highest BCUT2D eigenvalue weighted by atomic mass is 35.5. The van der Waals surface area contributed by atoms with Crippen LogP contribution in [-0.2, 0) is 25.8 Å². The van der Waals surface area contributed by atoms with Crippen molar-refractivity contribution in [1.29, 1.82) is 0 Å². The van der Waals surface area contributed by atoms with Gasteiger partial charge in [0.05, 0.1) is 18.2 Å². The average molecular weight is 333 g/mol. The molecule has 1 unspecified atom stereocenters. The first kappa shape index (κ1) is 16.2. The molecule has 2 heterocycles. The number of esters is 1. The maximum Gasteiger partial charge on any atom is 0.311 e. The second-order valence-electron chi connectivity index (χ2n) is 5.75. The molecule has 0 bridgehead atoms. The van der Waals surface area contributed by atoms with E-state index in [0.29, 0.717) is 10.2 Å². The molecule has 1 amide bonds. The van der Waals surface area contributed by atoms with Crippen LogP contribution in [0.1, 0.15) is 32.9 Å². The van der Waals surface area contributed by atoms with Gasteiger partial charge in [0.1, 0.15) is 12.2 Å². The molecule has 0 aliphatic carbocycles. The van der Waals surface area contributed by atoms with Gasteiger partial charge >= 0.3 is 5.97 Å². The lowest BCUT2D eigenvalue weighted by Crippen LogP contribution is -2.31. The molecule has 0 saturated carbocycles. The van der Waals surface area contributed by atoms with E-state index in [-0.39, 0.29) is 31.4 Å². The minimum atomic E-state index is -0.564. The van der Waals surface area contributed by atoms with Gasteiger partial charge in [-0.3, -0.25) is 14.4 Å². The molecular weight excluding hydrogens is 316 g/mol. The van der Waals surface area contributed by atoms with E-state index >= 15 is 0 Å². The maximum absolute atomic E-state index is 11.9. The number of amides is 1. The fourth-order valence-electron chi connectivity index (χ4n) is 1.84. The Kier molecular flexibility index (Phi) is 4.85. The van der Waals surface area contributed by atoms with Gasteiger partial charge in [-0.1, -0.05) is 11.6 Å². The van der Waals surface area contributed by atoms with Gasteiger partial charge in [0.25, 0.3) is 0 Å². The van der Waals surface area contributed by atoms with Crippen molar-refractivity contribution in [2.75, 3.05) is 6.54 Å². The minimum absolute atomic E-state index is 0.104. The summed E-state index contributed by atoms with van der Waals surface area (Å²) in [5.41, 5.74) is 0.0877. The highest BCUT2D eigenvalue weighted by Gasteiger charge is 2.37. The van der Waals surface area contributed by atoms with E-state index in [4.69, 9.17) is 21.2 Å². The predicted octanol–water partition coefficient (Wildman–Crippen LogP) is 2.42. The van der Waals surface area contributed by atoms with E-state index in [0.717, 1.165) is 0 Å². The van der Waals surface area contributed by atoms with Crippen LogP contribution in [0, 0.1) is 5.92 Å². The van der Waals surface area contributed by atoms with Crippen LogP contribution < -0.4 is 0 Å². The van der Waals surface area contributed by atoms with Crippen molar-refractivity contribution in [3.8, 4) is 0 Å². The fraction of sp³-hybridized carbons (Fsp3) is 0.615. The Labute approximate surface area is 132 Å². The Bertz CT molecular complexity index is 541. The zero-order valence-corrected chi connectivity index (χ0v) is 13.7. The summed E-state index contributed by atoms with van der Waals surface area (Å²) in [6.45, 7) is 5.73. The Hall–Kier alpha value is -1.18. The predicted molar refractivity (Wildman–Crippen MR) is 77.6 cm³/mol. The molecule has 0 N–H and O–H groups in total. The molecule has 1 saturated heterocycles. The SMILES string of the molecule is CC(C)(C)OC(=O)C1CC(=O)N(OCc2csc(Cl)n2)C1. The molecule has 1 aromatic heterocycles. The average Bonchev–Trinajstić information content (AvgIpc) is 2.91. The number of aromatic nitrogens is 1. The highest BCUT2D eigenvalue weighted by molar-refractivity contribution is 7.13. The van der Waals surface area contributed by atoms with E-state index in [1.807, 2.05) is 0 Å². The quantitative estimate of drug-likeness (QED) is 0.792. The van der Waals surface area contributed by atoms with Crippen LogP contribution in [0.2, 0.25) is 4.47 Å². The number of thiazole rings is 1. The van der Waals surface area contributed by atoms with Crippen molar-refractivity contribution >= 4 is 34.8 Å². The Balaban J connectivity index is 1.86. The normalized spacial score (nSPS) is 19.1. The van der Waals surface area contributed by atoms with Gasteiger partial charge in [0.15, 0.2) is 4.47 Å². The molecule has 116 valence electrons. The summed E-state index contributed by atoms with van der Waals surface area (Å²) in [5.74, 6) is -1.10. The van der Waals surface area contributed by atoms with Gasteiger partial charge in [0, 0.05) is 11.8 Å². The maximum atomic E-state index is 11.9. The number of carbonyl (C=O) groups excluding carboxylic acids is 2. The lowest BCUT2D eigenvalue weighted by atomic mass is 10.1. The summed E-state index contributed by atoms with van der Waals surface area (Å²) >= 11 is 7.02. The molecule has 6 nitrogen and oxygen atoms in total. The summed E-state index contributed by atoms with van der Waals surface area (Å²) in [7, 11) is 0. The first-order valence-electron chi connectivity index (χ1n) is 6.50. The molecule has 1 aromatic rings. The van der Waals surface area contributed by atoms with E-state index in [1.165, 1.54) is 16.4 Å². The lowest BCUT2D eigenvalue weighted by Gasteiger charge is -2.21. The third-order valence-electron chi connectivity index (χ3n) is 2.72. The molecule has 1 atom stereocenters. The third-order valence-corrected chi connectivity index (χ3v) is 3.74. The summed E-state index contributed by atoms with van der Waals surface area (Å²) in [6, 6.07) is 0. The van der Waals surface area contributed by atoms with Gasteiger partial charge < -0.3 is 4.74 Å². The van der Waals surface area contributed by atoms with Crippen LogP contribution in [0.4, 0.5) is 0 Å². The highest BCUT2D eigenvalue weighted by Crippen LogP contribution is 2.23. The number of hydrogen-bond donors (Lipinski definition) is 0. The molecular formula is C13H17ClN2O4S. The van der Waals surface area contributed by atoms with Crippen molar-refractivity contribution in [2.45, 2.75) is 39.4 Å².